The Kier molecular flexibility index (Phi) is 5.38. The second-order valence-electron chi connectivity index (χ2n) is 12.8. The summed E-state index contributed by atoms with van der Waals surface area (Å²) >= 11 is 0. The molecule has 0 heterocycles. The van der Waals surface area contributed by atoms with E-state index >= 15 is 0 Å². The lowest BCUT2D eigenvalue weighted by Gasteiger charge is -2.57. The van der Waals surface area contributed by atoms with Crippen LogP contribution in [-0.4, -0.2) is 20.2 Å². The van der Waals surface area contributed by atoms with Gasteiger partial charge in [0.25, 0.3) is 0 Å². The highest BCUT2D eigenvalue weighted by molar-refractivity contribution is 6.74. The molecule has 0 amide bonds. The molecule has 4 aliphatic carbocycles. The van der Waals surface area contributed by atoms with Crippen LogP contribution in [0.15, 0.2) is 23.3 Å². The lowest BCUT2D eigenvalue weighted by atomic mass is 9.48. The zero-order valence-corrected chi connectivity index (χ0v) is 21.7. The summed E-state index contributed by atoms with van der Waals surface area (Å²) in [6.45, 7) is 18.8. The number of ketones is 1. The summed E-state index contributed by atoms with van der Waals surface area (Å²) in [6, 6.07) is 0. The van der Waals surface area contributed by atoms with Crippen LogP contribution >= 0.6 is 0 Å². The van der Waals surface area contributed by atoms with Crippen molar-refractivity contribution in [3.8, 4) is 0 Å². The highest BCUT2D eigenvalue weighted by Crippen LogP contribution is 2.65. The Labute approximate surface area is 186 Å². The van der Waals surface area contributed by atoms with Crippen molar-refractivity contribution >= 4 is 14.1 Å². The van der Waals surface area contributed by atoms with Crippen molar-refractivity contribution in [1.29, 1.82) is 0 Å². The van der Waals surface area contributed by atoms with Crippen LogP contribution in [0.3, 0.4) is 0 Å². The highest BCUT2D eigenvalue weighted by atomic mass is 28.4. The molecule has 4 rings (SSSR count). The smallest absolute Gasteiger partial charge is 0.192 e. The summed E-state index contributed by atoms with van der Waals surface area (Å²) in [5, 5.41) is 0.271. The van der Waals surface area contributed by atoms with Gasteiger partial charge in [-0.1, -0.05) is 52.3 Å². The number of Topliss-reactive ketones (excluding diaryl/α,β-unsaturated/α-hetero) is 1. The number of fused-ring (bicyclic) bond motifs is 5. The minimum Gasteiger partial charge on any atom is -0.414 e. The third-order valence-corrected chi connectivity index (χ3v) is 14.9. The molecule has 0 spiro atoms. The molecule has 0 aromatic rings. The van der Waals surface area contributed by atoms with E-state index in [1.807, 2.05) is 0 Å². The standard InChI is InChI=1S/C27H44O2Si/c1-9-21-24(28)17-23-20-11-10-18-16-19(29-30(7,8)25(2,3)4)12-14-26(18,5)22(20)13-15-27(21,23)6/h9-10,19-20,22-23H,11-17H2,1-8H3/b21-9+/t19?,20-,22+,23+,26+,27-/m1/s1. The summed E-state index contributed by atoms with van der Waals surface area (Å²) in [5.74, 6) is 2.40. The predicted molar refractivity (Wildman–Crippen MR) is 128 cm³/mol. The first-order valence-corrected chi connectivity index (χ1v) is 15.3. The molecule has 0 radical (unpaired) electrons. The Morgan fingerprint density at radius 3 is 2.37 bits per heavy atom. The van der Waals surface area contributed by atoms with Gasteiger partial charge in [0.1, 0.15) is 0 Å². The van der Waals surface area contributed by atoms with Gasteiger partial charge in [-0.3, -0.25) is 4.79 Å². The van der Waals surface area contributed by atoms with Gasteiger partial charge in [-0.25, -0.2) is 0 Å². The van der Waals surface area contributed by atoms with Gasteiger partial charge in [-0.2, -0.15) is 0 Å². The number of hydrogen-bond donors (Lipinski definition) is 0. The van der Waals surface area contributed by atoms with Gasteiger partial charge in [0.15, 0.2) is 14.1 Å². The van der Waals surface area contributed by atoms with Crippen molar-refractivity contribution in [3.63, 3.8) is 0 Å². The minimum absolute atomic E-state index is 0.122. The fraction of sp³-hybridized carbons (Fsp3) is 0.815. The second-order valence-corrected chi connectivity index (χ2v) is 17.5. The van der Waals surface area contributed by atoms with Crippen molar-refractivity contribution in [2.45, 2.75) is 111 Å². The van der Waals surface area contributed by atoms with E-state index in [0.29, 0.717) is 29.1 Å². The third kappa shape index (κ3) is 3.25. The average molecular weight is 429 g/mol. The molecule has 3 saturated carbocycles. The van der Waals surface area contributed by atoms with Crippen LogP contribution in [0.2, 0.25) is 18.1 Å². The van der Waals surface area contributed by atoms with Crippen molar-refractivity contribution in [1.82, 2.24) is 0 Å². The molecule has 168 valence electrons. The van der Waals surface area contributed by atoms with Gasteiger partial charge in [-0.15, -0.1) is 0 Å². The second kappa shape index (κ2) is 7.17. The average Bonchev–Trinajstić information content (AvgIpc) is 2.90. The molecular weight excluding hydrogens is 384 g/mol. The Morgan fingerprint density at radius 2 is 1.73 bits per heavy atom. The molecule has 2 nitrogen and oxygen atoms in total. The number of carbonyl (C=O) groups excluding carboxylic acids is 1. The minimum atomic E-state index is -1.73. The first-order chi connectivity index (χ1) is 13.8. The van der Waals surface area contributed by atoms with Crippen LogP contribution < -0.4 is 0 Å². The monoisotopic (exact) mass is 428 g/mol. The third-order valence-electron chi connectivity index (χ3n) is 10.3. The highest BCUT2D eigenvalue weighted by Gasteiger charge is 2.59. The lowest BCUT2D eigenvalue weighted by Crippen LogP contribution is -2.51. The first kappa shape index (κ1) is 22.5. The van der Waals surface area contributed by atoms with Gasteiger partial charge in [0.2, 0.25) is 0 Å². The van der Waals surface area contributed by atoms with Crippen LogP contribution in [0.5, 0.6) is 0 Å². The fourth-order valence-corrected chi connectivity index (χ4v) is 8.86. The first-order valence-electron chi connectivity index (χ1n) is 12.4. The van der Waals surface area contributed by atoms with Crippen LogP contribution in [-0.2, 0) is 9.22 Å². The molecular formula is C27H44O2Si. The Morgan fingerprint density at radius 1 is 1.07 bits per heavy atom. The summed E-state index contributed by atoms with van der Waals surface area (Å²) in [7, 11) is -1.73. The number of allylic oxidation sites excluding steroid dienone is 3. The molecule has 0 bridgehead atoms. The normalized spacial score (nSPS) is 43.1. The van der Waals surface area contributed by atoms with E-state index in [-0.39, 0.29) is 10.5 Å². The van der Waals surface area contributed by atoms with Crippen molar-refractivity contribution in [2.24, 2.45) is 28.6 Å². The topological polar surface area (TPSA) is 26.3 Å². The van der Waals surface area contributed by atoms with Crippen LogP contribution in [0, 0.1) is 28.6 Å². The maximum Gasteiger partial charge on any atom is 0.192 e. The van der Waals surface area contributed by atoms with Gasteiger partial charge in [0, 0.05) is 12.5 Å². The zero-order valence-electron chi connectivity index (χ0n) is 20.7. The molecule has 6 atom stereocenters. The van der Waals surface area contributed by atoms with E-state index in [0.717, 1.165) is 24.3 Å². The SMILES string of the molecule is C/C=C1\C(=O)C[C@H]2[C@@H]3CC=C4CC(O[Si](C)(C)C(C)(C)C)CC[C@]4(C)[C@H]3CC[C@]12C. The zero-order chi connectivity index (χ0) is 22.1. The van der Waals surface area contributed by atoms with E-state index in [2.05, 4.69) is 66.8 Å². The van der Waals surface area contributed by atoms with Gasteiger partial charge in [-0.05, 0) is 97.7 Å². The summed E-state index contributed by atoms with van der Waals surface area (Å²) in [4.78, 5) is 12.8. The van der Waals surface area contributed by atoms with Gasteiger partial charge in [0.05, 0.1) is 0 Å². The number of carbonyl (C=O) groups is 1. The number of rotatable bonds is 2. The van der Waals surface area contributed by atoms with Crippen LogP contribution in [0.4, 0.5) is 0 Å². The van der Waals surface area contributed by atoms with E-state index in [4.69, 9.17) is 4.43 Å². The van der Waals surface area contributed by atoms with E-state index in [1.165, 1.54) is 32.1 Å². The molecule has 0 N–H and O–H groups in total. The van der Waals surface area contributed by atoms with Crippen molar-refractivity contribution in [3.05, 3.63) is 23.3 Å². The summed E-state index contributed by atoms with van der Waals surface area (Å²) < 4.78 is 6.85. The van der Waals surface area contributed by atoms with Gasteiger partial charge >= 0.3 is 0 Å². The largest absolute Gasteiger partial charge is 0.414 e. The maximum absolute atomic E-state index is 12.8. The van der Waals surface area contributed by atoms with Crippen molar-refractivity contribution in [2.75, 3.05) is 0 Å². The summed E-state index contributed by atoms with van der Waals surface area (Å²) in [6.07, 6.45) is 13.1. The predicted octanol–water partition coefficient (Wildman–Crippen LogP) is 7.46. The van der Waals surface area contributed by atoms with E-state index < -0.39 is 8.32 Å². The summed E-state index contributed by atoms with van der Waals surface area (Å²) in [5.41, 5.74) is 3.26. The van der Waals surface area contributed by atoms with Crippen LogP contribution in [0.1, 0.15) is 86.5 Å². The Bertz CT molecular complexity index is 785. The van der Waals surface area contributed by atoms with E-state index in [1.54, 1.807) is 5.57 Å². The Hall–Kier alpha value is -0.673. The maximum atomic E-state index is 12.8. The molecule has 0 saturated heterocycles. The number of hydrogen-bond acceptors (Lipinski definition) is 2. The van der Waals surface area contributed by atoms with Gasteiger partial charge < -0.3 is 4.43 Å². The quantitative estimate of drug-likeness (QED) is 0.259. The van der Waals surface area contributed by atoms with Crippen LogP contribution in [0.25, 0.3) is 0 Å². The molecule has 1 unspecified atom stereocenters. The van der Waals surface area contributed by atoms with Crippen molar-refractivity contribution < 1.29 is 9.22 Å². The molecule has 0 aromatic heterocycles. The van der Waals surface area contributed by atoms with E-state index in [9.17, 15) is 4.79 Å². The molecule has 3 heteroatoms. The molecule has 30 heavy (non-hydrogen) atoms. The molecule has 3 fully saturated rings. The molecule has 0 aromatic carbocycles. The molecule has 4 aliphatic rings. The lowest BCUT2D eigenvalue weighted by molar-refractivity contribution is -0.115. The fourth-order valence-electron chi connectivity index (χ4n) is 7.47. The Balaban J connectivity index is 1.56. The molecule has 0 aliphatic heterocycles.